The SMILES string of the molecule is CCCc1c(Br)sc2[nH]c(=O)c(=O)[nH]c12. The minimum absolute atomic E-state index is 0.592. The molecule has 0 spiro atoms. The van der Waals surface area contributed by atoms with E-state index in [0.717, 1.165) is 32.5 Å². The van der Waals surface area contributed by atoms with Gasteiger partial charge in [0.05, 0.1) is 9.30 Å². The fourth-order valence-electron chi connectivity index (χ4n) is 1.46. The van der Waals surface area contributed by atoms with E-state index < -0.39 is 11.1 Å². The summed E-state index contributed by atoms with van der Waals surface area (Å²) < 4.78 is 0.969. The van der Waals surface area contributed by atoms with Crippen molar-refractivity contribution in [2.24, 2.45) is 0 Å². The van der Waals surface area contributed by atoms with Crippen LogP contribution in [0.2, 0.25) is 0 Å². The number of aryl methyl sites for hydroxylation is 1. The van der Waals surface area contributed by atoms with Gasteiger partial charge in [0.15, 0.2) is 0 Å². The lowest BCUT2D eigenvalue weighted by atomic mass is 10.2. The summed E-state index contributed by atoms with van der Waals surface area (Å²) in [6.07, 6.45) is 1.87. The Bertz CT molecular complexity index is 611. The number of aromatic nitrogens is 2. The third-order valence-electron chi connectivity index (χ3n) is 2.13. The highest BCUT2D eigenvalue weighted by Crippen LogP contribution is 2.32. The molecule has 0 bridgehead atoms. The summed E-state index contributed by atoms with van der Waals surface area (Å²) in [6, 6.07) is 0. The minimum atomic E-state index is -0.598. The summed E-state index contributed by atoms with van der Waals surface area (Å²) in [5.74, 6) is 0. The summed E-state index contributed by atoms with van der Waals surface area (Å²) in [5.41, 5.74) is 0.619. The quantitative estimate of drug-likeness (QED) is 0.830. The lowest BCUT2D eigenvalue weighted by Crippen LogP contribution is -2.28. The van der Waals surface area contributed by atoms with Gasteiger partial charge < -0.3 is 9.97 Å². The average Bonchev–Trinajstić information content (AvgIpc) is 2.46. The average molecular weight is 289 g/mol. The van der Waals surface area contributed by atoms with Gasteiger partial charge in [0.2, 0.25) is 0 Å². The molecule has 0 aliphatic rings. The first-order chi connectivity index (χ1) is 7.13. The van der Waals surface area contributed by atoms with Crippen LogP contribution in [0.3, 0.4) is 0 Å². The van der Waals surface area contributed by atoms with Crippen LogP contribution in [0, 0.1) is 0 Å². The Morgan fingerprint density at radius 1 is 1.27 bits per heavy atom. The molecule has 2 aromatic rings. The molecule has 2 aromatic heterocycles. The zero-order valence-corrected chi connectivity index (χ0v) is 10.4. The molecule has 0 aliphatic carbocycles. The molecule has 0 aromatic carbocycles. The van der Waals surface area contributed by atoms with E-state index >= 15 is 0 Å². The van der Waals surface area contributed by atoms with Gasteiger partial charge in [0.1, 0.15) is 4.83 Å². The highest BCUT2D eigenvalue weighted by Gasteiger charge is 2.11. The second-order valence-corrected chi connectivity index (χ2v) is 5.56. The molecular weight excluding hydrogens is 280 g/mol. The molecule has 2 N–H and O–H groups in total. The summed E-state index contributed by atoms with van der Waals surface area (Å²) in [5, 5.41) is 0. The first-order valence-electron chi connectivity index (χ1n) is 4.57. The summed E-state index contributed by atoms with van der Waals surface area (Å²) in [7, 11) is 0. The molecule has 0 saturated carbocycles. The van der Waals surface area contributed by atoms with E-state index in [1.165, 1.54) is 11.3 Å². The van der Waals surface area contributed by atoms with E-state index in [2.05, 4.69) is 32.8 Å². The Morgan fingerprint density at radius 2 is 1.93 bits per heavy atom. The third-order valence-corrected chi connectivity index (χ3v) is 4.03. The number of halogens is 1. The van der Waals surface area contributed by atoms with Crippen LogP contribution in [-0.4, -0.2) is 9.97 Å². The number of hydrogen-bond donors (Lipinski definition) is 2. The molecular formula is C9H9BrN2O2S. The van der Waals surface area contributed by atoms with E-state index in [9.17, 15) is 9.59 Å². The van der Waals surface area contributed by atoms with Crippen molar-refractivity contribution in [3.63, 3.8) is 0 Å². The van der Waals surface area contributed by atoms with Crippen LogP contribution in [-0.2, 0) is 6.42 Å². The summed E-state index contributed by atoms with van der Waals surface area (Å²) >= 11 is 4.87. The van der Waals surface area contributed by atoms with Crippen LogP contribution in [0.5, 0.6) is 0 Å². The fourth-order valence-corrected chi connectivity index (χ4v) is 3.27. The maximum atomic E-state index is 11.2. The van der Waals surface area contributed by atoms with E-state index in [-0.39, 0.29) is 0 Å². The van der Waals surface area contributed by atoms with E-state index in [1.54, 1.807) is 0 Å². The maximum absolute atomic E-state index is 11.2. The Balaban J connectivity index is 2.81. The van der Waals surface area contributed by atoms with Gasteiger partial charge in [-0.15, -0.1) is 11.3 Å². The standard InChI is InChI=1S/C9H9BrN2O2S/c1-2-3-4-5-9(15-6(4)10)12-8(14)7(13)11-5/h2-3H2,1H3,(H,11,13)(H,12,14). The number of fused-ring (bicyclic) bond motifs is 1. The monoisotopic (exact) mass is 288 g/mol. The molecule has 0 aliphatic heterocycles. The van der Waals surface area contributed by atoms with Crippen LogP contribution in [0.1, 0.15) is 18.9 Å². The maximum Gasteiger partial charge on any atom is 0.314 e. The van der Waals surface area contributed by atoms with E-state index in [1.807, 2.05) is 0 Å². The van der Waals surface area contributed by atoms with Crippen LogP contribution >= 0.6 is 27.3 Å². The third kappa shape index (κ3) is 1.79. The molecule has 6 heteroatoms. The number of nitrogens with one attached hydrogen (secondary N) is 2. The Kier molecular flexibility index (Phi) is 2.79. The largest absolute Gasteiger partial charge is 0.315 e. The van der Waals surface area contributed by atoms with Gasteiger partial charge in [-0.1, -0.05) is 13.3 Å². The second kappa shape index (κ2) is 3.94. The van der Waals surface area contributed by atoms with Crippen LogP contribution < -0.4 is 11.1 Å². The molecule has 0 amide bonds. The van der Waals surface area contributed by atoms with Gasteiger partial charge in [-0.3, -0.25) is 9.59 Å². The Labute approximate surface area is 97.5 Å². The molecule has 2 heterocycles. The van der Waals surface area contributed by atoms with Gasteiger partial charge in [0, 0.05) is 5.56 Å². The smallest absolute Gasteiger partial charge is 0.314 e. The van der Waals surface area contributed by atoms with Gasteiger partial charge >= 0.3 is 11.1 Å². The number of aromatic amines is 2. The number of H-pyrrole nitrogens is 2. The Morgan fingerprint density at radius 3 is 2.60 bits per heavy atom. The molecule has 4 nitrogen and oxygen atoms in total. The molecule has 0 radical (unpaired) electrons. The number of rotatable bonds is 2. The van der Waals surface area contributed by atoms with Crippen molar-refractivity contribution in [2.45, 2.75) is 19.8 Å². The van der Waals surface area contributed by atoms with Gasteiger partial charge in [-0.05, 0) is 22.4 Å². The van der Waals surface area contributed by atoms with Gasteiger partial charge in [-0.2, -0.15) is 0 Å². The van der Waals surface area contributed by atoms with Crippen LogP contribution in [0.15, 0.2) is 13.4 Å². The predicted molar refractivity (Wildman–Crippen MR) is 64.8 cm³/mol. The molecule has 2 rings (SSSR count). The Hall–Kier alpha value is -0.880. The van der Waals surface area contributed by atoms with E-state index in [0.29, 0.717) is 0 Å². The fraction of sp³-hybridized carbons (Fsp3) is 0.333. The normalized spacial score (nSPS) is 11.1. The van der Waals surface area contributed by atoms with Gasteiger partial charge in [-0.25, -0.2) is 0 Å². The van der Waals surface area contributed by atoms with Crippen molar-refractivity contribution in [3.05, 3.63) is 30.1 Å². The summed E-state index contributed by atoms with van der Waals surface area (Å²) in [6.45, 7) is 2.07. The highest BCUT2D eigenvalue weighted by molar-refractivity contribution is 9.11. The lowest BCUT2D eigenvalue weighted by molar-refractivity contribution is 0.924. The zero-order chi connectivity index (χ0) is 11.0. The number of thiophene rings is 1. The van der Waals surface area contributed by atoms with Gasteiger partial charge in [0.25, 0.3) is 0 Å². The highest BCUT2D eigenvalue weighted by atomic mass is 79.9. The van der Waals surface area contributed by atoms with Crippen molar-refractivity contribution in [3.8, 4) is 0 Å². The predicted octanol–water partition coefficient (Wildman–Crippen LogP) is 1.99. The molecule has 0 unspecified atom stereocenters. The second-order valence-electron chi connectivity index (χ2n) is 3.22. The first kappa shape index (κ1) is 10.6. The molecule has 15 heavy (non-hydrogen) atoms. The van der Waals surface area contributed by atoms with Crippen molar-refractivity contribution in [1.29, 1.82) is 0 Å². The van der Waals surface area contributed by atoms with E-state index in [4.69, 9.17) is 0 Å². The van der Waals surface area contributed by atoms with Crippen molar-refractivity contribution < 1.29 is 0 Å². The first-order valence-corrected chi connectivity index (χ1v) is 6.18. The topological polar surface area (TPSA) is 65.7 Å². The number of hydrogen-bond acceptors (Lipinski definition) is 3. The molecule has 80 valence electrons. The van der Waals surface area contributed by atoms with Crippen LogP contribution in [0.25, 0.3) is 10.3 Å². The van der Waals surface area contributed by atoms with Crippen molar-refractivity contribution in [1.82, 2.24) is 9.97 Å². The molecule has 0 fully saturated rings. The zero-order valence-electron chi connectivity index (χ0n) is 8.02. The molecule has 0 atom stereocenters. The van der Waals surface area contributed by atoms with Crippen molar-refractivity contribution >= 4 is 37.6 Å². The van der Waals surface area contributed by atoms with Crippen LogP contribution in [0.4, 0.5) is 0 Å². The summed E-state index contributed by atoms with van der Waals surface area (Å²) in [4.78, 5) is 28.2. The van der Waals surface area contributed by atoms with Crippen molar-refractivity contribution in [2.75, 3.05) is 0 Å². The molecule has 0 saturated heterocycles. The lowest BCUT2D eigenvalue weighted by Gasteiger charge is -1.96. The minimum Gasteiger partial charge on any atom is -0.315 e.